The average molecular weight is 416 g/mol. The van der Waals surface area contributed by atoms with E-state index >= 15 is 0 Å². The molecule has 6 nitrogen and oxygen atoms in total. The predicted molar refractivity (Wildman–Crippen MR) is 114 cm³/mol. The van der Waals surface area contributed by atoms with Crippen LogP contribution in [0.3, 0.4) is 0 Å². The van der Waals surface area contributed by atoms with Gasteiger partial charge in [-0.3, -0.25) is 9.59 Å². The Morgan fingerprint density at radius 1 is 1.07 bits per heavy atom. The topological polar surface area (TPSA) is 71.1 Å². The van der Waals surface area contributed by atoms with Crippen LogP contribution in [0.25, 0.3) is 11.1 Å². The van der Waals surface area contributed by atoms with Crippen molar-refractivity contribution in [3.05, 3.63) is 41.5 Å². The lowest BCUT2D eigenvalue weighted by Gasteiger charge is -2.25. The molecule has 3 rings (SSSR count). The molecular weight excluding hydrogens is 384 g/mol. The van der Waals surface area contributed by atoms with Crippen molar-refractivity contribution in [2.75, 3.05) is 27.4 Å². The van der Waals surface area contributed by atoms with Crippen LogP contribution in [0.2, 0.25) is 0 Å². The number of fused-ring (bicyclic) bond motifs is 1. The van der Waals surface area contributed by atoms with E-state index in [2.05, 4.69) is 0 Å². The molecule has 160 valence electrons. The van der Waals surface area contributed by atoms with Gasteiger partial charge >= 0.3 is 5.97 Å². The van der Waals surface area contributed by atoms with E-state index in [-0.39, 0.29) is 36.2 Å². The molecule has 0 bridgehead atoms. The van der Waals surface area contributed by atoms with E-state index < -0.39 is 18.4 Å². The Kier molecular flexibility index (Phi) is 5.21. The van der Waals surface area contributed by atoms with Crippen LogP contribution >= 0.6 is 0 Å². The summed E-state index contributed by atoms with van der Waals surface area (Å²) in [5.74, 6) is -0.196. The predicted octanol–water partition coefficient (Wildman–Crippen LogP) is 4.47. The fourth-order valence-electron chi connectivity index (χ4n) is 3.54. The van der Waals surface area contributed by atoms with Gasteiger partial charge in [0, 0.05) is 17.5 Å². The normalized spacial score (nSPS) is 14.9. The second-order valence-electron chi connectivity index (χ2n) is 7.72. The molecule has 0 radical (unpaired) electrons. The van der Waals surface area contributed by atoms with Crippen LogP contribution in [0.4, 0.5) is 0 Å². The number of ketones is 1. The van der Waals surface area contributed by atoms with Crippen molar-refractivity contribution >= 4 is 11.8 Å². The Labute approximate surface area is 181 Å². The Morgan fingerprint density at radius 3 is 2.53 bits per heavy atom. The van der Waals surface area contributed by atoms with Crippen molar-refractivity contribution in [1.29, 1.82) is 0 Å². The molecule has 0 amide bonds. The third-order valence-electron chi connectivity index (χ3n) is 5.17. The van der Waals surface area contributed by atoms with Crippen LogP contribution in [0.1, 0.15) is 47.2 Å². The number of rotatable bonds is 8. The first-order valence-electron chi connectivity index (χ1n) is 11.3. The van der Waals surface area contributed by atoms with Gasteiger partial charge in [-0.2, -0.15) is 0 Å². The summed E-state index contributed by atoms with van der Waals surface area (Å²) >= 11 is 0. The molecule has 2 aromatic carbocycles. The van der Waals surface area contributed by atoms with Gasteiger partial charge in [-0.15, -0.1) is 0 Å². The SMILES string of the molecule is [2H]C([2H])([2H])Oc1c(OC)ccc(-c2cccc3c2CCC3=O)c1OCC(C)(C)C(=O)OCC. The van der Waals surface area contributed by atoms with E-state index in [9.17, 15) is 9.59 Å². The van der Waals surface area contributed by atoms with E-state index in [0.717, 1.165) is 11.1 Å². The summed E-state index contributed by atoms with van der Waals surface area (Å²) in [7, 11) is -1.37. The Morgan fingerprint density at radius 2 is 1.83 bits per heavy atom. The first-order chi connectivity index (χ1) is 15.5. The van der Waals surface area contributed by atoms with Gasteiger partial charge in [0.2, 0.25) is 5.75 Å². The summed E-state index contributed by atoms with van der Waals surface area (Å²) in [6, 6.07) is 8.73. The summed E-state index contributed by atoms with van der Waals surface area (Å²) in [6.45, 7) is 5.19. The monoisotopic (exact) mass is 415 g/mol. The van der Waals surface area contributed by atoms with Gasteiger partial charge in [0.25, 0.3) is 0 Å². The molecule has 2 aromatic rings. The van der Waals surface area contributed by atoms with Gasteiger partial charge in [0.05, 0.1) is 30.3 Å². The van der Waals surface area contributed by atoms with Gasteiger partial charge in [-0.05, 0) is 50.5 Å². The molecule has 0 heterocycles. The second kappa shape index (κ2) is 8.78. The average Bonchev–Trinajstić information content (AvgIpc) is 3.13. The highest BCUT2D eigenvalue weighted by atomic mass is 16.5. The lowest BCUT2D eigenvalue weighted by molar-refractivity contribution is -0.155. The van der Waals surface area contributed by atoms with Crippen LogP contribution in [0.15, 0.2) is 30.3 Å². The van der Waals surface area contributed by atoms with Crippen molar-refractivity contribution in [1.82, 2.24) is 0 Å². The molecule has 0 saturated heterocycles. The van der Waals surface area contributed by atoms with Gasteiger partial charge in [0.1, 0.15) is 6.61 Å². The molecule has 0 atom stereocenters. The Bertz CT molecular complexity index is 1060. The van der Waals surface area contributed by atoms with Gasteiger partial charge in [-0.25, -0.2) is 0 Å². The van der Waals surface area contributed by atoms with E-state index in [4.69, 9.17) is 23.1 Å². The fraction of sp³-hybridized carbons (Fsp3) is 0.417. The van der Waals surface area contributed by atoms with Gasteiger partial charge in [-0.1, -0.05) is 18.2 Å². The van der Waals surface area contributed by atoms with Gasteiger partial charge in [0.15, 0.2) is 17.3 Å². The number of hydrogen-bond acceptors (Lipinski definition) is 6. The first kappa shape index (κ1) is 17.8. The zero-order chi connectivity index (χ0) is 24.4. The molecule has 30 heavy (non-hydrogen) atoms. The molecule has 1 aliphatic rings. The minimum atomic E-state index is -2.77. The zero-order valence-corrected chi connectivity index (χ0v) is 17.7. The lowest BCUT2D eigenvalue weighted by atomic mass is 9.94. The molecule has 0 N–H and O–H groups in total. The molecule has 0 aromatic heterocycles. The van der Waals surface area contributed by atoms with Crippen molar-refractivity contribution in [3.63, 3.8) is 0 Å². The number of hydrogen-bond donors (Lipinski definition) is 0. The number of esters is 1. The molecule has 0 fully saturated rings. The van der Waals surface area contributed by atoms with Crippen LogP contribution < -0.4 is 14.2 Å². The maximum atomic E-state index is 12.4. The smallest absolute Gasteiger partial charge is 0.314 e. The zero-order valence-electron chi connectivity index (χ0n) is 20.7. The van der Waals surface area contributed by atoms with Crippen LogP contribution in [0.5, 0.6) is 17.2 Å². The molecular formula is C24H28O6. The van der Waals surface area contributed by atoms with Crippen molar-refractivity contribution in [2.24, 2.45) is 5.41 Å². The fourth-order valence-corrected chi connectivity index (χ4v) is 3.54. The second-order valence-corrected chi connectivity index (χ2v) is 7.72. The molecule has 6 heteroatoms. The van der Waals surface area contributed by atoms with Crippen molar-refractivity contribution in [3.8, 4) is 28.4 Å². The highest BCUT2D eigenvalue weighted by Crippen LogP contribution is 2.47. The number of methoxy groups -OCH3 is 2. The van der Waals surface area contributed by atoms with Crippen LogP contribution in [0, 0.1) is 5.41 Å². The standard InChI is InChI=1S/C24H28O6/c1-6-29-23(26)24(2,3)14-30-21-18(11-13-20(27-4)22(21)28-5)15-8-7-9-17-16(15)10-12-19(17)25/h7-9,11,13H,6,10,12,14H2,1-5H3/i5D3. The highest BCUT2D eigenvalue weighted by molar-refractivity contribution is 6.02. The summed E-state index contributed by atoms with van der Waals surface area (Å²) in [5, 5.41) is 0. The maximum absolute atomic E-state index is 12.4. The van der Waals surface area contributed by atoms with Crippen molar-refractivity contribution in [2.45, 2.75) is 33.6 Å². The number of benzene rings is 2. The minimum absolute atomic E-state index is 0.0604. The highest BCUT2D eigenvalue weighted by Gasteiger charge is 2.32. The Balaban J connectivity index is 2.16. The molecule has 0 saturated carbocycles. The maximum Gasteiger partial charge on any atom is 0.314 e. The lowest BCUT2D eigenvalue weighted by Crippen LogP contribution is -2.33. The summed E-state index contributed by atoms with van der Waals surface area (Å²) in [4.78, 5) is 24.7. The summed E-state index contributed by atoms with van der Waals surface area (Å²) in [5.41, 5.74) is 1.77. The molecule has 1 aliphatic carbocycles. The molecule has 0 spiro atoms. The number of carbonyl (C=O) groups is 2. The number of Topliss-reactive ketones (excluding diaryl/α,β-unsaturated/α-hetero) is 1. The summed E-state index contributed by atoms with van der Waals surface area (Å²) in [6.07, 6.45) is 0.979. The third-order valence-corrected chi connectivity index (χ3v) is 5.17. The van der Waals surface area contributed by atoms with E-state index in [0.29, 0.717) is 24.0 Å². The number of ether oxygens (including phenoxy) is 4. The molecule has 0 aliphatic heterocycles. The summed E-state index contributed by atoms with van der Waals surface area (Å²) < 4.78 is 44.7. The Hall–Kier alpha value is -3.02. The van der Waals surface area contributed by atoms with Gasteiger partial charge < -0.3 is 18.9 Å². The van der Waals surface area contributed by atoms with E-state index in [1.165, 1.54) is 7.11 Å². The third kappa shape index (κ3) is 3.99. The number of carbonyl (C=O) groups excluding carboxylic acids is 2. The quantitative estimate of drug-likeness (QED) is 0.593. The largest absolute Gasteiger partial charge is 0.493 e. The van der Waals surface area contributed by atoms with Crippen LogP contribution in [-0.4, -0.2) is 39.1 Å². The first-order valence-corrected chi connectivity index (χ1v) is 9.84. The van der Waals surface area contributed by atoms with E-state index in [1.54, 1.807) is 45.0 Å². The van der Waals surface area contributed by atoms with E-state index in [1.807, 2.05) is 6.07 Å². The molecule has 0 unspecified atom stereocenters. The van der Waals surface area contributed by atoms with Crippen LogP contribution in [-0.2, 0) is 16.0 Å². The van der Waals surface area contributed by atoms with Crippen molar-refractivity contribution < 1.29 is 32.6 Å². The minimum Gasteiger partial charge on any atom is -0.493 e.